The summed E-state index contributed by atoms with van der Waals surface area (Å²) in [6, 6.07) is 10.2. The maximum atomic E-state index is 11.8. The molecule has 1 aromatic carbocycles. The largest absolute Gasteiger partial charge is 0.462 e. The Morgan fingerprint density at radius 2 is 1.89 bits per heavy atom. The Morgan fingerprint density at radius 1 is 1.21 bits per heavy atom. The van der Waals surface area contributed by atoms with Crippen LogP contribution in [0.2, 0.25) is 5.02 Å². The zero-order valence-corrected chi connectivity index (χ0v) is 11.0. The minimum Gasteiger partial charge on any atom is -0.462 e. The van der Waals surface area contributed by atoms with E-state index in [4.69, 9.17) is 16.3 Å². The van der Waals surface area contributed by atoms with E-state index in [2.05, 4.69) is 4.98 Å². The van der Waals surface area contributed by atoms with E-state index in [1.54, 1.807) is 37.3 Å². The van der Waals surface area contributed by atoms with Crippen molar-refractivity contribution in [1.29, 1.82) is 0 Å². The first-order chi connectivity index (χ1) is 9.11. The Morgan fingerprint density at radius 3 is 2.47 bits per heavy atom. The van der Waals surface area contributed by atoms with Crippen molar-refractivity contribution >= 4 is 17.6 Å². The van der Waals surface area contributed by atoms with Crippen molar-refractivity contribution in [3.05, 3.63) is 57.3 Å². The van der Waals surface area contributed by atoms with Gasteiger partial charge in [0.1, 0.15) is 5.56 Å². The van der Waals surface area contributed by atoms with Gasteiger partial charge in [0.15, 0.2) is 0 Å². The van der Waals surface area contributed by atoms with Crippen molar-refractivity contribution < 1.29 is 9.53 Å². The molecule has 0 radical (unpaired) electrons. The van der Waals surface area contributed by atoms with Gasteiger partial charge in [-0.3, -0.25) is 4.79 Å². The average molecular weight is 278 g/mol. The van der Waals surface area contributed by atoms with Crippen molar-refractivity contribution in [2.75, 3.05) is 6.61 Å². The predicted molar refractivity (Wildman–Crippen MR) is 73.5 cm³/mol. The predicted octanol–water partition coefficient (Wildman–Crippen LogP) is 2.87. The summed E-state index contributed by atoms with van der Waals surface area (Å²) in [7, 11) is 0. The van der Waals surface area contributed by atoms with Gasteiger partial charge < -0.3 is 9.72 Å². The van der Waals surface area contributed by atoms with E-state index in [1.807, 2.05) is 0 Å². The number of pyridine rings is 1. The number of hydrogen-bond donors (Lipinski definition) is 1. The third-order valence-electron chi connectivity index (χ3n) is 2.56. The van der Waals surface area contributed by atoms with Gasteiger partial charge >= 0.3 is 5.97 Å². The number of nitrogens with one attached hydrogen (secondary N) is 1. The Hall–Kier alpha value is -2.07. The van der Waals surface area contributed by atoms with Gasteiger partial charge in [0, 0.05) is 10.7 Å². The first kappa shape index (κ1) is 13.4. The molecule has 2 rings (SSSR count). The second-order valence-electron chi connectivity index (χ2n) is 3.84. The molecule has 1 heterocycles. The summed E-state index contributed by atoms with van der Waals surface area (Å²) >= 11 is 5.80. The summed E-state index contributed by atoms with van der Waals surface area (Å²) < 4.78 is 4.79. The molecule has 0 aliphatic heterocycles. The number of halogens is 1. The number of hydrogen-bond acceptors (Lipinski definition) is 3. The quantitative estimate of drug-likeness (QED) is 0.878. The molecule has 0 aliphatic carbocycles. The molecule has 5 heteroatoms. The van der Waals surface area contributed by atoms with Crippen LogP contribution in [-0.4, -0.2) is 17.6 Å². The first-order valence-corrected chi connectivity index (χ1v) is 6.16. The van der Waals surface area contributed by atoms with Crippen LogP contribution >= 0.6 is 11.6 Å². The number of aromatic amines is 1. The molecule has 0 amide bonds. The third-order valence-corrected chi connectivity index (χ3v) is 2.81. The normalized spacial score (nSPS) is 10.2. The van der Waals surface area contributed by atoms with Gasteiger partial charge in [-0.25, -0.2) is 4.79 Å². The molecule has 0 fully saturated rings. The lowest BCUT2D eigenvalue weighted by Gasteiger charge is -2.04. The lowest BCUT2D eigenvalue weighted by molar-refractivity contribution is 0.0524. The molecule has 0 unspecified atom stereocenters. The molecule has 0 spiro atoms. The maximum Gasteiger partial charge on any atom is 0.343 e. The standard InChI is InChI=1S/C14H12ClNO3/c1-2-19-14(18)11-7-8-12(16-13(11)17)9-3-5-10(15)6-4-9/h3-8H,2H2,1H3,(H,16,17). The van der Waals surface area contributed by atoms with Crippen LogP contribution in [0.1, 0.15) is 17.3 Å². The molecule has 98 valence electrons. The Labute approximate surface area is 115 Å². The highest BCUT2D eigenvalue weighted by molar-refractivity contribution is 6.30. The summed E-state index contributed by atoms with van der Waals surface area (Å²) in [4.78, 5) is 26.0. The fourth-order valence-electron chi connectivity index (χ4n) is 1.64. The molecule has 0 saturated carbocycles. The number of carbonyl (C=O) groups is 1. The van der Waals surface area contributed by atoms with Gasteiger partial charge in [0.05, 0.1) is 6.61 Å². The van der Waals surface area contributed by atoms with Gasteiger partial charge in [-0.2, -0.15) is 0 Å². The third kappa shape index (κ3) is 3.03. The lowest BCUT2D eigenvalue weighted by atomic mass is 10.1. The second-order valence-corrected chi connectivity index (χ2v) is 4.28. The molecular formula is C14H12ClNO3. The van der Waals surface area contributed by atoms with Crippen molar-refractivity contribution in [1.82, 2.24) is 4.98 Å². The number of H-pyrrole nitrogens is 1. The van der Waals surface area contributed by atoms with Crippen LogP contribution in [-0.2, 0) is 4.74 Å². The summed E-state index contributed by atoms with van der Waals surface area (Å²) in [6.45, 7) is 1.92. The number of esters is 1. The van der Waals surface area contributed by atoms with Gasteiger partial charge in [-0.15, -0.1) is 0 Å². The van der Waals surface area contributed by atoms with Crippen LogP contribution in [0.3, 0.4) is 0 Å². The Balaban J connectivity index is 2.36. The van der Waals surface area contributed by atoms with Crippen molar-refractivity contribution in [3.8, 4) is 11.3 Å². The summed E-state index contributed by atoms with van der Waals surface area (Å²) in [5.74, 6) is -0.619. The number of rotatable bonds is 3. The molecule has 1 N–H and O–H groups in total. The fraction of sp³-hybridized carbons (Fsp3) is 0.143. The zero-order valence-electron chi connectivity index (χ0n) is 10.3. The molecule has 2 aromatic rings. The molecular weight excluding hydrogens is 266 g/mol. The monoisotopic (exact) mass is 277 g/mol. The highest BCUT2D eigenvalue weighted by Gasteiger charge is 2.12. The van der Waals surface area contributed by atoms with E-state index in [0.717, 1.165) is 5.56 Å². The van der Waals surface area contributed by atoms with Crippen LogP contribution in [0, 0.1) is 0 Å². The maximum absolute atomic E-state index is 11.8. The van der Waals surface area contributed by atoms with Crippen LogP contribution < -0.4 is 5.56 Å². The van der Waals surface area contributed by atoms with E-state index < -0.39 is 11.5 Å². The van der Waals surface area contributed by atoms with E-state index in [1.165, 1.54) is 6.07 Å². The lowest BCUT2D eigenvalue weighted by Crippen LogP contribution is -2.19. The molecule has 0 atom stereocenters. The van der Waals surface area contributed by atoms with Gasteiger partial charge in [-0.1, -0.05) is 23.7 Å². The fourth-order valence-corrected chi connectivity index (χ4v) is 1.77. The van der Waals surface area contributed by atoms with Gasteiger partial charge in [-0.05, 0) is 36.8 Å². The van der Waals surface area contributed by atoms with Crippen LogP contribution in [0.5, 0.6) is 0 Å². The van der Waals surface area contributed by atoms with Gasteiger partial charge in [0.25, 0.3) is 5.56 Å². The molecule has 4 nitrogen and oxygen atoms in total. The minimum atomic E-state index is -0.619. The number of benzene rings is 1. The van der Waals surface area contributed by atoms with Crippen molar-refractivity contribution in [2.45, 2.75) is 6.92 Å². The summed E-state index contributed by atoms with van der Waals surface area (Å²) in [5, 5.41) is 0.620. The molecule has 0 saturated heterocycles. The van der Waals surface area contributed by atoms with E-state index in [0.29, 0.717) is 10.7 Å². The Bertz CT molecular complexity index is 646. The SMILES string of the molecule is CCOC(=O)c1ccc(-c2ccc(Cl)cc2)[nH]c1=O. The molecule has 19 heavy (non-hydrogen) atoms. The molecule has 0 aliphatic rings. The number of aromatic nitrogens is 1. The van der Waals surface area contributed by atoms with Crippen LogP contribution in [0.25, 0.3) is 11.3 Å². The number of ether oxygens (including phenoxy) is 1. The highest BCUT2D eigenvalue weighted by atomic mass is 35.5. The smallest absolute Gasteiger partial charge is 0.343 e. The van der Waals surface area contributed by atoms with Crippen molar-refractivity contribution in [3.63, 3.8) is 0 Å². The number of carbonyl (C=O) groups excluding carboxylic acids is 1. The van der Waals surface area contributed by atoms with Crippen molar-refractivity contribution in [2.24, 2.45) is 0 Å². The van der Waals surface area contributed by atoms with E-state index >= 15 is 0 Å². The molecule has 1 aromatic heterocycles. The average Bonchev–Trinajstić information content (AvgIpc) is 2.39. The second kappa shape index (κ2) is 5.71. The summed E-state index contributed by atoms with van der Waals surface area (Å²) in [6.07, 6.45) is 0. The molecule has 0 bridgehead atoms. The first-order valence-electron chi connectivity index (χ1n) is 5.78. The summed E-state index contributed by atoms with van der Waals surface area (Å²) in [5.41, 5.74) is 0.970. The van der Waals surface area contributed by atoms with Crippen LogP contribution in [0.15, 0.2) is 41.2 Å². The topological polar surface area (TPSA) is 59.2 Å². The zero-order chi connectivity index (χ0) is 13.8. The van der Waals surface area contributed by atoms with Gasteiger partial charge in [0.2, 0.25) is 0 Å². The van der Waals surface area contributed by atoms with E-state index in [-0.39, 0.29) is 12.2 Å². The van der Waals surface area contributed by atoms with Crippen LogP contribution in [0.4, 0.5) is 0 Å². The Kier molecular flexibility index (Phi) is 4.02. The van der Waals surface area contributed by atoms with E-state index in [9.17, 15) is 9.59 Å². The minimum absolute atomic E-state index is 0.000404. The highest BCUT2D eigenvalue weighted by Crippen LogP contribution is 2.18.